The standard InChI is InChI=1S/C21H23FN2O3S/c1-21(2,3)18(19(25)26)24-17-10-9-14(22)13-16(17)23-20(24)28-12-11-27-15-7-5-4-6-8-15/h4-10,13,18H,11-12H2,1-3H3,(H,25,26). The molecule has 0 spiro atoms. The molecule has 1 N–H and O–H groups in total. The maximum atomic E-state index is 13.7. The van der Waals surface area contributed by atoms with Crippen LogP contribution in [0.4, 0.5) is 4.39 Å². The Morgan fingerprint density at radius 3 is 2.61 bits per heavy atom. The first kappa shape index (κ1) is 20.2. The summed E-state index contributed by atoms with van der Waals surface area (Å²) in [7, 11) is 0. The third-order valence-electron chi connectivity index (χ3n) is 4.26. The SMILES string of the molecule is CC(C)(C)C(C(=O)O)n1c(SCCOc2ccccc2)nc2cc(F)ccc21. The first-order valence-corrected chi connectivity index (χ1v) is 9.97. The quantitative estimate of drug-likeness (QED) is 0.444. The smallest absolute Gasteiger partial charge is 0.327 e. The molecule has 0 saturated carbocycles. The zero-order chi connectivity index (χ0) is 20.3. The lowest BCUT2D eigenvalue weighted by Gasteiger charge is -2.29. The average Bonchev–Trinajstić information content (AvgIpc) is 2.95. The predicted molar refractivity (Wildman–Crippen MR) is 108 cm³/mol. The number of rotatable bonds is 7. The van der Waals surface area contributed by atoms with Crippen molar-refractivity contribution in [3.8, 4) is 5.75 Å². The molecule has 1 heterocycles. The van der Waals surface area contributed by atoms with Crippen molar-refractivity contribution in [1.29, 1.82) is 0 Å². The van der Waals surface area contributed by atoms with E-state index in [4.69, 9.17) is 4.74 Å². The third kappa shape index (κ3) is 4.47. The summed E-state index contributed by atoms with van der Waals surface area (Å²) < 4.78 is 21.1. The number of aromatic nitrogens is 2. The molecule has 0 amide bonds. The summed E-state index contributed by atoms with van der Waals surface area (Å²) in [5, 5.41) is 10.4. The first-order valence-electron chi connectivity index (χ1n) is 8.98. The van der Waals surface area contributed by atoms with E-state index in [1.165, 1.54) is 23.9 Å². The first-order chi connectivity index (χ1) is 13.3. The fourth-order valence-electron chi connectivity index (χ4n) is 3.08. The monoisotopic (exact) mass is 402 g/mol. The molecule has 0 aliphatic rings. The van der Waals surface area contributed by atoms with Gasteiger partial charge in [0.05, 0.1) is 17.6 Å². The van der Waals surface area contributed by atoms with Gasteiger partial charge in [-0.3, -0.25) is 0 Å². The fourth-order valence-corrected chi connectivity index (χ4v) is 3.93. The summed E-state index contributed by atoms with van der Waals surface area (Å²) in [5.41, 5.74) is 0.501. The number of hydrogen-bond donors (Lipinski definition) is 1. The van der Waals surface area contributed by atoms with Gasteiger partial charge in [0, 0.05) is 11.8 Å². The number of hydrogen-bond acceptors (Lipinski definition) is 4. The molecule has 1 atom stereocenters. The van der Waals surface area contributed by atoms with Crippen LogP contribution < -0.4 is 4.74 Å². The van der Waals surface area contributed by atoms with E-state index in [-0.39, 0.29) is 0 Å². The van der Waals surface area contributed by atoms with Crippen molar-refractivity contribution in [3.63, 3.8) is 0 Å². The van der Waals surface area contributed by atoms with E-state index in [1.54, 1.807) is 10.6 Å². The molecular weight excluding hydrogens is 379 g/mol. The summed E-state index contributed by atoms with van der Waals surface area (Å²) >= 11 is 1.40. The summed E-state index contributed by atoms with van der Waals surface area (Å²) in [5.74, 6) is 0.0102. The van der Waals surface area contributed by atoms with Crippen LogP contribution in [0.25, 0.3) is 11.0 Å². The molecule has 0 aliphatic carbocycles. The van der Waals surface area contributed by atoms with Crippen LogP contribution >= 0.6 is 11.8 Å². The lowest BCUT2D eigenvalue weighted by molar-refractivity contribution is -0.144. The number of carboxylic acids is 1. The summed E-state index contributed by atoms with van der Waals surface area (Å²) in [4.78, 5) is 16.6. The highest BCUT2D eigenvalue weighted by atomic mass is 32.2. The number of nitrogens with zero attached hydrogens (tertiary/aromatic N) is 2. The normalized spacial score (nSPS) is 12.9. The Labute approximate surface area is 167 Å². The minimum Gasteiger partial charge on any atom is -0.493 e. The van der Waals surface area contributed by atoms with Crippen molar-refractivity contribution < 1.29 is 19.0 Å². The molecule has 1 aromatic heterocycles. The Balaban J connectivity index is 1.89. The highest BCUT2D eigenvalue weighted by molar-refractivity contribution is 7.99. The van der Waals surface area contributed by atoms with Crippen LogP contribution in [0.15, 0.2) is 53.7 Å². The van der Waals surface area contributed by atoms with Gasteiger partial charge in [0.1, 0.15) is 17.6 Å². The zero-order valence-corrected chi connectivity index (χ0v) is 16.9. The molecule has 0 radical (unpaired) electrons. The maximum Gasteiger partial charge on any atom is 0.327 e. The van der Waals surface area contributed by atoms with E-state index in [2.05, 4.69) is 4.98 Å². The van der Waals surface area contributed by atoms with Crippen LogP contribution in [0.3, 0.4) is 0 Å². The van der Waals surface area contributed by atoms with Crippen molar-refractivity contribution in [2.45, 2.75) is 32.0 Å². The molecule has 3 aromatic rings. The van der Waals surface area contributed by atoms with E-state index in [1.807, 2.05) is 51.1 Å². The summed E-state index contributed by atoms with van der Waals surface area (Å²) in [6, 6.07) is 12.9. The molecule has 7 heteroatoms. The predicted octanol–water partition coefficient (Wildman–Crippen LogP) is 5.02. The van der Waals surface area contributed by atoms with Gasteiger partial charge in [-0.2, -0.15) is 0 Å². The Kier molecular flexibility index (Phi) is 5.93. The van der Waals surface area contributed by atoms with Gasteiger partial charge in [0.2, 0.25) is 0 Å². The number of imidazole rings is 1. The van der Waals surface area contributed by atoms with E-state index in [0.29, 0.717) is 28.5 Å². The Bertz CT molecular complexity index is 967. The highest BCUT2D eigenvalue weighted by Gasteiger charge is 2.35. The number of para-hydroxylation sites is 1. The second kappa shape index (κ2) is 8.22. The molecule has 0 saturated heterocycles. The van der Waals surface area contributed by atoms with Crippen LogP contribution in [0.5, 0.6) is 5.75 Å². The molecule has 0 fully saturated rings. The molecule has 28 heavy (non-hydrogen) atoms. The molecule has 3 rings (SSSR count). The molecule has 148 valence electrons. The van der Waals surface area contributed by atoms with Crippen molar-refractivity contribution in [2.75, 3.05) is 12.4 Å². The number of thioether (sulfide) groups is 1. The topological polar surface area (TPSA) is 64.3 Å². The van der Waals surface area contributed by atoms with E-state index >= 15 is 0 Å². The minimum absolute atomic E-state index is 0.399. The van der Waals surface area contributed by atoms with Crippen molar-refractivity contribution in [2.24, 2.45) is 5.41 Å². The minimum atomic E-state index is -0.946. The van der Waals surface area contributed by atoms with Gasteiger partial charge in [-0.25, -0.2) is 14.2 Å². The summed E-state index contributed by atoms with van der Waals surface area (Å²) in [6.07, 6.45) is 0. The number of benzene rings is 2. The van der Waals surface area contributed by atoms with E-state index in [9.17, 15) is 14.3 Å². The van der Waals surface area contributed by atoms with Crippen LogP contribution in [0.1, 0.15) is 26.8 Å². The number of halogens is 1. The van der Waals surface area contributed by atoms with Gasteiger partial charge < -0.3 is 14.4 Å². The molecule has 5 nitrogen and oxygen atoms in total. The van der Waals surface area contributed by atoms with Crippen molar-refractivity contribution in [1.82, 2.24) is 9.55 Å². The van der Waals surface area contributed by atoms with Crippen molar-refractivity contribution >= 4 is 28.8 Å². The summed E-state index contributed by atoms with van der Waals surface area (Å²) in [6.45, 7) is 6.05. The van der Waals surface area contributed by atoms with Gasteiger partial charge in [-0.05, 0) is 29.7 Å². The average molecular weight is 402 g/mol. The van der Waals surface area contributed by atoms with Gasteiger partial charge in [0.15, 0.2) is 5.16 Å². The largest absolute Gasteiger partial charge is 0.493 e. The second-order valence-corrected chi connectivity index (χ2v) is 8.58. The lowest BCUT2D eigenvalue weighted by atomic mass is 9.86. The Morgan fingerprint density at radius 1 is 1.25 bits per heavy atom. The van der Waals surface area contributed by atoms with Gasteiger partial charge in [-0.15, -0.1) is 0 Å². The van der Waals surface area contributed by atoms with Gasteiger partial charge in [0.25, 0.3) is 0 Å². The fraction of sp³-hybridized carbons (Fsp3) is 0.333. The van der Waals surface area contributed by atoms with Gasteiger partial charge >= 0.3 is 5.97 Å². The Hall–Kier alpha value is -2.54. The number of ether oxygens (including phenoxy) is 1. The number of carboxylic acid groups (broad SMARTS) is 1. The molecular formula is C21H23FN2O3S. The van der Waals surface area contributed by atoms with E-state index in [0.717, 1.165) is 5.75 Å². The van der Waals surface area contributed by atoms with Crippen LogP contribution in [0.2, 0.25) is 0 Å². The van der Waals surface area contributed by atoms with Crippen LogP contribution in [0, 0.1) is 11.2 Å². The second-order valence-electron chi connectivity index (χ2n) is 7.51. The number of fused-ring (bicyclic) bond motifs is 1. The number of aliphatic carboxylic acids is 1. The molecule has 0 bridgehead atoms. The maximum absolute atomic E-state index is 13.7. The zero-order valence-electron chi connectivity index (χ0n) is 16.1. The molecule has 0 aliphatic heterocycles. The van der Waals surface area contributed by atoms with Crippen molar-refractivity contribution in [3.05, 3.63) is 54.3 Å². The molecule has 2 aromatic carbocycles. The van der Waals surface area contributed by atoms with Crippen LogP contribution in [-0.2, 0) is 4.79 Å². The third-order valence-corrected chi connectivity index (χ3v) is 5.18. The van der Waals surface area contributed by atoms with E-state index < -0.39 is 23.2 Å². The van der Waals surface area contributed by atoms with Gasteiger partial charge in [-0.1, -0.05) is 50.7 Å². The highest BCUT2D eigenvalue weighted by Crippen LogP contribution is 2.37. The number of carbonyl (C=O) groups is 1. The lowest BCUT2D eigenvalue weighted by Crippen LogP contribution is -2.32. The van der Waals surface area contributed by atoms with Crippen LogP contribution in [-0.4, -0.2) is 33.0 Å². The Morgan fingerprint density at radius 2 is 1.96 bits per heavy atom. The molecule has 1 unspecified atom stereocenters.